The predicted octanol–water partition coefficient (Wildman–Crippen LogP) is 3.04. The fraction of sp³-hybridized carbons (Fsp3) is 0.364. The molecule has 0 atom stereocenters. The van der Waals surface area contributed by atoms with Gasteiger partial charge in [0.2, 0.25) is 5.95 Å². The first-order chi connectivity index (χ1) is 14.4. The molecule has 3 aromatic rings. The molecule has 0 fully saturated rings. The Hall–Kier alpha value is -3.42. The maximum atomic E-state index is 11.9. The van der Waals surface area contributed by atoms with Crippen molar-refractivity contribution in [1.82, 2.24) is 24.5 Å². The van der Waals surface area contributed by atoms with Crippen molar-refractivity contribution in [1.29, 1.82) is 0 Å². The molecular weight excluding hydrogens is 378 g/mol. The van der Waals surface area contributed by atoms with Gasteiger partial charge in [0.15, 0.2) is 11.5 Å². The molecule has 1 aliphatic rings. The highest BCUT2D eigenvalue weighted by Gasteiger charge is 2.15. The first-order valence-corrected chi connectivity index (χ1v) is 10.2. The van der Waals surface area contributed by atoms with Crippen molar-refractivity contribution in [2.45, 2.75) is 32.6 Å². The Balaban J connectivity index is 1.54. The van der Waals surface area contributed by atoms with Crippen LogP contribution in [0.2, 0.25) is 0 Å². The topological polar surface area (TPSA) is 90.7 Å². The summed E-state index contributed by atoms with van der Waals surface area (Å²) < 4.78 is 1.60. The van der Waals surface area contributed by atoms with Gasteiger partial charge in [-0.25, -0.2) is 9.50 Å². The van der Waals surface area contributed by atoms with Gasteiger partial charge in [-0.1, -0.05) is 45.0 Å². The lowest BCUT2D eigenvalue weighted by atomic mass is 9.87. The van der Waals surface area contributed by atoms with E-state index in [1.54, 1.807) is 10.7 Å². The Labute approximate surface area is 175 Å². The normalized spacial score (nSPS) is 13.9. The fourth-order valence-corrected chi connectivity index (χ4v) is 3.33. The minimum atomic E-state index is -0.203. The number of aromatic amines is 1. The van der Waals surface area contributed by atoms with Crippen LogP contribution in [0.3, 0.4) is 0 Å². The highest BCUT2D eigenvalue weighted by molar-refractivity contribution is 5.62. The maximum Gasteiger partial charge on any atom is 0.266 e. The van der Waals surface area contributed by atoms with E-state index in [0.717, 1.165) is 31.6 Å². The second kappa shape index (κ2) is 8.14. The summed E-state index contributed by atoms with van der Waals surface area (Å²) in [6.07, 6.45) is 6.60. The van der Waals surface area contributed by atoms with Crippen molar-refractivity contribution in [3.63, 3.8) is 0 Å². The molecule has 2 N–H and O–H groups in total. The Bertz CT molecular complexity index is 1130. The van der Waals surface area contributed by atoms with Gasteiger partial charge in [0.25, 0.3) is 5.56 Å². The zero-order chi connectivity index (χ0) is 21.1. The lowest BCUT2D eigenvalue weighted by Gasteiger charge is -2.20. The van der Waals surface area contributed by atoms with Gasteiger partial charge < -0.3 is 10.2 Å². The number of hydrogen-bond acceptors (Lipinski definition) is 6. The van der Waals surface area contributed by atoms with Crippen LogP contribution >= 0.6 is 0 Å². The molecule has 3 heterocycles. The number of nitrogens with one attached hydrogen (secondary N) is 2. The van der Waals surface area contributed by atoms with Crippen LogP contribution in [0.5, 0.6) is 0 Å². The predicted molar refractivity (Wildman–Crippen MR) is 120 cm³/mol. The number of aliphatic imine (C=N–C) groups is 1. The van der Waals surface area contributed by atoms with E-state index in [2.05, 4.69) is 63.2 Å². The van der Waals surface area contributed by atoms with Crippen LogP contribution in [-0.4, -0.2) is 50.3 Å². The molecule has 30 heavy (non-hydrogen) atoms. The lowest BCUT2D eigenvalue weighted by Crippen LogP contribution is -2.24. The zero-order valence-corrected chi connectivity index (χ0v) is 17.6. The van der Waals surface area contributed by atoms with Gasteiger partial charge in [0, 0.05) is 43.3 Å². The van der Waals surface area contributed by atoms with Crippen molar-refractivity contribution in [2.75, 3.05) is 25.0 Å². The largest absolute Gasteiger partial charge is 0.371 e. The molecule has 0 aliphatic carbocycles. The van der Waals surface area contributed by atoms with E-state index in [1.165, 1.54) is 11.6 Å². The lowest BCUT2D eigenvalue weighted by molar-refractivity contribution is 0.420. The standard InChI is InChI=1S/C22H27N7O/c1-22(2,3)17-7-5-16(6-8-17)20-25-18-15-19(30)27-29(18)21(26-20)24-9-4-12-28-13-10-23-11-14-28/h5-8,10-11,13,15H,4,9,12,14H2,1-3H3,(H,27,30)(H,24,25,26). The van der Waals surface area contributed by atoms with E-state index in [4.69, 9.17) is 0 Å². The van der Waals surface area contributed by atoms with Crippen molar-refractivity contribution < 1.29 is 0 Å². The van der Waals surface area contributed by atoms with Crippen molar-refractivity contribution in [3.8, 4) is 11.4 Å². The van der Waals surface area contributed by atoms with Crippen LogP contribution in [0.15, 0.2) is 52.5 Å². The van der Waals surface area contributed by atoms with Gasteiger partial charge >= 0.3 is 0 Å². The molecule has 8 heteroatoms. The molecule has 2 aromatic heterocycles. The molecule has 0 saturated carbocycles. The quantitative estimate of drug-likeness (QED) is 0.615. The van der Waals surface area contributed by atoms with Crippen LogP contribution in [-0.2, 0) is 5.41 Å². The molecule has 0 unspecified atom stereocenters. The summed E-state index contributed by atoms with van der Waals surface area (Å²) >= 11 is 0. The van der Waals surface area contributed by atoms with E-state index in [1.807, 2.05) is 24.5 Å². The van der Waals surface area contributed by atoms with Gasteiger partial charge in [-0.3, -0.25) is 14.9 Å². The van der Waals surface area contributed by atoms with E-state index in [9.17, 15) is 4.79 Å². The Kier molecular flexibility index (Phi) is 5.39. The van der Waals surface area contributed by atoms with Gasteiger partial charge in [-0.2, -0.15) is 4.98 Å². The first-order valence-electron chi connectivity index (χ1n) is 10.2. The van der Waals surface area contributed by atoms with Gasteiger partial charge in [0.1, 0.15) is 0 Å². The van der Waals surface area contributed by atoms with Crippen molar-refractivity contribution >= 4 is 17.8 Å². The third-order valence-electron chi connectivity index (χ3n) is 5.05. The number of hydrogen-bond donors (Lipinski definition) is 2. The minimum Gasteiger partial charge on any atom is -0.371 e. The monoisotopic (exact) mass is 405 g/mol. The zero-order valence-electron chi connectivity index (χ0n) is 17.6. The average molecular weight is 406 g/mol. The van der Waals surface area contributed by atoms with Crippen LogP contribution in [0.4, 0.5) is 5.95 Å². The molecule has 4 rings (SSSR count). The summed E-state index contributed by atoms with van der Waals surface area (Å²) in [6, 6.07) is 9.76. The fourth-order valence-electron chi connectivity index (χ4n) is 3.33. The molecule has 156 valence electrons. The highest BCUT2D eigenvalue weighted by atomic mass is 16.1. The Morgan fingerprint density at radius 1 is 1.17 bits per heavy atom. The number of nitrogens with zero attached hydrogens (tertiary/aromatic N) is 5. The van der Waals surface area contributed by atoms with Crippen LogP contribution < -0.4 is 10.9 Å². The molecule has 0 radical (unpaired) electrons. The summed E-state index contributed by atoms with van der Waals surface area (Å²) in [7, 11) is 0. The summed E-state index contributed by atoms with van der Waals surface area (Å²) in [5.74, 6) is 1.17. The average Bonchev–Trinajstić information content (AvgIpc) is 3.11. The third kappa shape index (κ3) is 4.42. The maximum absolute atomic E-state index is 11.9. The van der Waals surface area contributed by atoms with Crippen LogP contribution in [0, 0.1) is 0 Å². The summed E-state index contributed by atoms with van der Waals surface area (Å²) in [4.78, 5) is 27.4. The molecular formula is C22H27N7O. The molecule has 8 nitrogen and oxygen atoms in total. The second-order valence-corrected chi connectivity index (χ2v) is 8.42. The highest BCUT2D eigenvalue weighted by Crippen LogP contribution is 2.25. The van der Waals surface area contributed by atoms with E-state index in [0.29, 0.717) is 17.4 Å². The molecule has 1 aliphatic heterocycles. The number of H-pyrrole nitrogens is 1. The summed E-state index contributed by atoms with van der Waals surface area (Å²) in [5, 5.41) is 6.10. The van der Waals surface area contributed by atoms with Crippen molar-refractivity contribution in [3.05, 3.63) is 58.6 Å². The minimum absolute atomic E-state index is 0.0827. The van der Waals surface area contributed by atoms with Gasteiger partial charge in [-0.05, 0) is 17.4 Å². The smallest absolute Gasteiger partial charge is 0.266 e. The number of anilines is 1. The van der Waals surface area contributed by atoms with Gasteiger partial charge in [-0.15, -0.1) is 0 Å². The number of benzene rings is 1. The Morgan fingerprint density at radius 3 is 2.67 bits per heavy atom. The van der Waals surface area contributed by atoms with Crippen LogP contribution in [0.1, 0.15) is 32.8 Å². The number of fused-ring (bicyclic) bond motifs is 1. The summed E-state index contributed by atoms with van der Waals surface area (Å²) in [5.41, 5.74) is 2.59. The molecule has 0 amide bonds. The van der Waals surface area contributed by atoms with Crippen molar-refractivity contribution in [2.24, 2.45) is 4.99 Å². The Morgan fingerprint density at radius 2 is 1.97 bits per heavy atom. The summed E-state index contributed by atoms with van der Waals surface area (Å²) in [6.45, 7) is 9.01. The van der Waals surface area contributed by atoms with E-state index < -0.39 is 0 Å². The molecule has 0 spiro atoms. The third-order valence-corrected chi connectivity index (χ3v) is 5.05. The number of aromatic nitrogens is 4. The van der Waals surface area contributed by atoms with E-state index in [-0.39, 0.29) is 11.0 Å². The van der Waals surface area contributed by atoms with Gasteiger partial charge in [0.05, 0.1) is 6.54 Å². The molecule has 0 bridgehead atoms. The first kappa shape index (κ1) is 19.9. The second-order valence-electron chi connectivity index (χ2n) is 8.42. The van der Waals surface area contributed by atoms with Crippen LogP contribution in [0.25, 0.3) is 17.0 Å². The molecule has 0 saturated heterocycles. The SMILES string of the molecule is CC(C)(C)c1ccc(-c2nc(NCCCN3C=CN=CC3)n3[nH]c(=O)cc3n2)cc1. The number of rotatable bonds is 6. The van der Waals surface area contributed by atoms with E-state index >= 15 is 0 Å². The molecule has 1 aromatic carbocycles.